The van der Waals surface area contributed by atoms with Crippen LogP contribution in [0.2, 0.25) is 0 Å². The van der Waals surface area contributed by atoms with Gasteiger partial charge in [-0.05, 0) is 63.7 Å². The zero-order chi connectivity index (χ0) is 7.72. The molecular weight excluding hydrogens is 392 g/mol. The van der Waals surface area contributed by atoms with Crippen LogP contribution < -0.4 is 0 Å². The zero-order valence-corrected chi connectivity index (χ0v) is 10.9. The maximum atomic E-state index is 3.35. The molecule has 0 saturated carbocycles. The Kier molecular flexibility index (Phi) is 3.41. The van der Waals surface area contributed by atoms with Crippen molar-refractivity contribution in [2.45, 2.75) is 0 Å². The molecule has 10 heavy (non-hydrogen) atoms. The molecule has 0 nitrogen and oxygen atoms in total. The van der Waals surface area contributed by atoms with E-state index >= 15 is 0 Å². The molecule has 1 aromatic carbocycles. The Morgan fingerprint density at radius 3 is 1.30 bits per heavy atom. The zero-order valence-electron chi connectivity index (χ0n) is 4.51. The van der Waals surface area contributed by atoms with Gasteiger partial charge in [-0.15, -0.1) is 0 Å². The van der Waals surface area contributed by atoms with Gasteiger partial charge in [-0.2, -0.15) is 0 Å². The monoisotopic (exact) mass is 388 g/mol. The van der Waals surface area contributed by atoms with Crippen LogP contribution >= 0.6 is 63.7 Å². The molecule has 1 rings (SSSR count). The van der Waals surface area contributed by atoms with E-state index < -0.39 is 0 Å². The first-order chi connectivity index (χ1) is 4.63. The number of hydrogen-bond acceptors (Lipinski definition) is 0. The minimum absolute atomic E-state index is 0.863. The van der Waals surface area contributed by atoms with Gasteiger partial charge < -0.3 is 0 Å². The highest BCUT2D eigenvalue weighted by Crippen LogP contribution is 2.35. The third kappa shape index (κ3) is 1.84. The molecule has 0 heterocycles. The van der Waals surface area contributed by atoms with Crippen molar-refractivity contribution in [2.75, 3.05) is 0 Å². The lowest BCUT2D eigenvalue weighted by Gasteiger charge is -1.99. The van der Waals surface area contributed by atoms with Gasteiger partial charge in [0.1, 0.15) is 0 Å². The molecule has 1 aromatic rings. The fourth-order valence-electron chi connectivity index (χ4n) is 0.412. The van der Waals surface area contributed by atoms with Crippen molar-refractivity contribution >= 4 is 63.7 Å². The molecule has 2 radical (unpaired) electrons. The predicted octanol–water partition coefficient (Wildman–Crippen LogP) is 4.34. The molecule has 4 heteroatoms. The van der Waals surface area contributed by atoms with Gasteiger partial charge >= 0.3 is 0 Å². The summed E-state index contributed by atoms with van der Waals surface area (Å²) in [5.41, 5.74) is 0. The number of rotatable bonds is 0. The van der Waals surface area contributed by atoms with E-state index in [1.165, 1.54) is 0 Å². The summed E-state index contributed by atoms with van der Waals surface area (Å²) in [6.07, 6.45) is 0. The van der Waals surface area contributed by atoms with Crippen molar-refractivity contribution in [3.63, 3.8) is 0 Å². The third-order valence-electron chi connectivity index (χ3n) is 0.860. The Balaban J connectivity index is 3.34. The van der Waals surface area contributed by atoms with Crippen LogP contribution in [0.1, 0.15) is 0 Å². The van der Waals surface area contributed by atoms with Crippen LogP contribution in [0.4, 0.5) is 0 Å². The van der Waals surface area contributed by atoms with Crippen molar-refractivity contribution in [1.82, 2.24) is 0 Å². The number of hydrogen-bond donors (Lipinski definition) is 0. The van der Waals surface area contributed by atoms with Crippen LogP contribution in [0.15, 0.2) is 17.9 Å². The third-order valence-corrected chi connectivity index (χ3v) is 5.23. The van der Waals surface area contributed by atoms with Gasteiger partial charge in [0.15, 0.2) is 0 Å². The maximum Gasteiger partial charge on any atom is 0.0477 e. The molecule has 52 valence electrons. The molecular formula is C6Br4. The average molecular weight is 392 g/mol. The molecule has 0 atom stereocenters. The van der Waals surface area contributed by atoms with Crippen molar-refractivity contribution in [3.05, 3.63) is 30.0 Å². The molecule has 0 aliphatic heterocycles. The summed E-state index contributed by atoms with van der Waals surface area (Å²) in [4.78, 5) is 0. The van der Waals surface area contributed by atoms with E-state index in [0.717, 1.165) is 17.9 Å². The van der Waals surface area contributed by atoms with E-state index in [2.05, 4.69) is 75.9 Å². The summed E-state index contributed by atoms with van der Waals surface area (Å²) in [6, 6.07) is 5.75. The highest BCUT2D eigenvalue weighted by atomic mass is 79.9. The highest BCUT2D eigenvalue weighted by Gasteiger charge is 2.04. The van der Waals surface area contributed by atoms with Crippen LogP contribution in [-0.2, 0) is 0 Å². The summed E-state index contributed by atoms with van der Waals surface area (Å²) >= 11 is 13.3. The molecule has 0 fully saturated rings. The fourth-order valence-corrected chi connectivity index (χ4v) is 2.13. The van der Waals surface area contributed by atoms with Gasteiger partial charge in [-0.25, -0.2) is 0 Å². The summed E-state index contributed by atoms with van der Waals surface area (Å²) in [6.45, 7) is 0. The Morgan fingerprint density at radius 1 is 0.700 bits per heavy atom. The predicted molar refractivity (Wildman–Crippen MR) is 54.9 cm³/mol. The fraction of sp³-hybridized carbons (Fsp3) is 0. The smallest absolute Gasteiger partial charge is 0.0477 e. The maximum absolute atomic E-state index is 3.35. The molecule has 0 N–H and O–H groups in total. The normalized spacial score (nSPS) is 10.0. The lowest BCUT2D eigenvalue weighted by molar-refractivity contribution is 1.47. The summed E-state index contributed by atoms with van der Waals surface area (Å²) in [5.74, 6) is 0. The topological polar surface area (TPSA) is 0 Å². The Labute approximate surface area is 92.9 Å². The molecule has 0 unspecified atom stereocenters. The molecule has 0 aliphatic rings. The lowest BCUT2D eigenvalue weighted by atomic mass is 10.4. The first kappa shape index (κ1) is 9.23. The van der Waals surface area contributed by atoms with Gasteiger partial charge in [0.2, 0.25) is 0 Å². The largest absolute Gasteiger partial charge is 0.0489 e. The first-order valence-corrected chi connectivity index (χ1v) is 5.43. The molecule has 0 saturated heterocycles. The van der Waals surface area contributed by atoms with E-state index in [0.29, 0.717) is 0 Å². The number of halogens is 4. The van der Waals surface area contributed by atoms with Gasteiger partial charge in [0, 0.05) is 30.0 Å². The van der Waals surface area contributed by atoms with Gasteiger partial charge in [0.05, 0.1) is 0 Å². The van der Waals surface area contributed by atoms with Crippen LogP contribution in [0.3, 0.4) is 0 Å². The Bertz CT molecular complexity index is 229. The van der Waals surface area contributed by atoms with Gasteiger partial charge in [-0.3, -0.25) is 0 Å². The molecule has 0 bridgehead atoms. The second kappa shape index (κ2) is 3.70. The lowest BCUT2D eigenvalue weighted by Crippen LogP contribution is -1.74. The van der Waals surface area contributed by atoms with E-state index in [-0.39, 0.29) is 0 Å². The SMILES string of the molecule is Brc1[c][c]c(Br)c(Br)c1Br. The van der Waals surface area contributed by atoms with Crippen molar-refractivity contribution in [3.8, 4) is 0 Å². The second-order valence-electron chi connectivity index (χ2n) is 1.51. The van der Waals surface area contributed by atoms with Crippen LogP contribution in [-0.4, -0.2) is 0 Å². The standard InChI is InChI=1S/C6Br4/c7-3-1-2-4(8)6(10)5(3)9. The summed E-state index contributed by atoms with van der Waals surface area (Å²) in [5, 5.41) is 0. The summed E-state index contributed by atoms with van der Waals surface area (Å²) in [7, 11) is 0. The first-order valence-electron chi connectivity index (χ1n) is 2.26. The van der Waals surface area contributed by atoms with E-state index in [9.17, 15) is 0 Å². The Hall–Kier alpha value is 1.14. The van der Waals surface area contributed by atoms with Crippen molar-refractivity contribution < 1.29 is 0 Å². The molecule has 0 aliphatic carbocycles. The molecule has 0 aromatic heterocycles. The van der Waals surface area contributed by atoms with Crippen molar-refractivity contribution in [2.24, 2.45) is 0 Å². The van der Waals surface area contributed by atoms with Gasteiger partial charge in [-0.1, -0.05) is 0 Å². The van der Waals surface area contributed by atoms with E-state index in [1.54, 1.807) is 0 Å². The van der Waals surface area contributed by atoms with Gasteiger partial charge in [0.25, 0.3) is 0 Å². The van der Waals surface area contributed by atoms with Crippen LogP contribution in [0.25, 0.3) is 0 Å². The quantitative estimate of drug-likeness (QED) is 0.456. The molecule has 0 spiro atoms. The minimum atomic E-state index is 0.863. The summed E-state index contributed by atoms with van der Waals surface area (Å²) < 4.78 is 3.61. The average Bonchev–Trinajstić information content (AvgIpc) is 1.93. The minimum Gasteiger partial charge on any atom is -0.0489 e. The Morgan fingerprint density at radius 2 is 1.00 bits per heavy atom. The van der Waals surface area contributed by atoms with Crippen molar-refractivity contribution in [1.29, 1.82) is 0 Å². The second-order valence-corrected chi connectivity index (χ2v) is 4.68. The highest BCUT2D eigenvalue weighted by molar-refractivity contribution is 9.15. The van der Waals surface area contributed by atoms with Crippen LogP contribution in [0.5, 0.6) is 0 Å². The molecule has 0 amide bonds. The van der Waals surface area contributed by atoms with Crippen LogP contribution in [0, 0.1) is 12.1 Å². The number of benzene rings is 1. The van der Waals surface area contributed by atoms with E-state index in [4.69, 9.17) is 0 Å². The van der Waals surface area contributed by atoms with E-state index in [1.807, 2.05) is 0 Å².